The molecule has 1 aromatic rings. The maximum absolute atomic E-state index is 11.1. The fourth-order valence-electron chi connectivity index (χ4n) is 1.19. The van der Waals surface area contributed by atoms with E-state index in [0.29, 0.717) is 18.0 Å². The molecule has 1 aromatic carbocycles. The van der Waals surface area contributed by atoms with Crippen molar-refractivity contribution in [3.05, 3.63) is 23.8 Å². The molecule has 0 spiro atoms. The lowest BCUT2D eigenvalue weighted by atomic mass is 10.2. The first-order valence-corrected chi connectivity index (χ1v) is 4.89. The van der Waals surface area contributed by atoms with E-state index >= 15 is 0 Å². The van der Waals surface area contributed by atoms with Gasteiger partial charge in [0, 0.05) is 6.54 Å². The molecule has 0 heterocycles. The van der Waals surface area contributed by atoms with E-state index in [0.717, 1.165) is 5.56 Å². The minimum Gasteiger partial charge on any atom is -0.482 e. The third kappa shape index (κ3) is 3.50. The number of aryl methyl sites for hydroxylation is 1. The van der Waals surface area contributed by atoms with Gasteiger partial charge in [0.2, 0.25) is 0 Å². The number of carbonyl (C=O) groups excluding carboxylic acids is 1. The highest BCUT2D eigenvalue weighted by molar-refractivity contribution is 5.77. The monoisotopic (exact) mass is 208 g/mol. The summed E-state index contributed by atoms with van der Waals surface area (Å²) in [4.78, 5) is 11.1. The van der Waals surface area contributed by atoms with Gasteiger partial charge in [-0.3, -0.25) is 4.79 Å². The molecule has 0 aliphatic carbocycles. The summed E-state index contributed by atoms with van der Waals surface area (Å²) in [5.74, 6) is 0.407. The third-order valence-electron chi connectivity index (χ3n) is 1.90. The molecule has 0 aromatic heterocycles. The zero-order valence-electron chi connectivity index (χ0n) is 9.04. The quantitative estimate of drug-likeness (QED) is 0.728. The number of nitrogens with one attached hydrogen (secondary N) is 1. The van der Waals surface area contributed by atoms with Crippen LogP contribution in [0, 0.1) is 6.92 Å². The van der Waals surface area contributed by atoms with Gasteiger partial charge in [-0.25, -0.2) is 0 Å². The van der Waals surface area contributed by atoms with Gasteiger partial charge in [0.25, 0.3) is 5.91 Å². The van der Waals surface area contributed by atoms with Crippen molar-refractivity contribution in [2.45, 2.75) is 13.8 Å². The number of rotatable bonds is 4. The second kappa shape index (κ2) is 5.24. The lowest BCUT2D eigenvalue weighted by Gasteiger charge is -2.08. The highest BCUT2D eigenvalue weighted by atomic mass is 16.5. The van der Waals surface area contributed by atoms with Gasteiger partial charge in [0.15, 0.2) is 6.61 Å². The Labute approximate surface area is 89.4 Å². The maximum atomic E-state index is 11.1. The van der Waals surface area contributed by atoms with Crippen molar-refractivity contribution in [2.24, 2.45) is 0 Å². The molecule has 0 saturated heterocycles. The molecule has 0 aliphatic rings. The Morgan fingerprint density at radius 1 is 1.53 bits per heavy atom. The van der Waals surface area contributed by atoms with E-state index in [1.165, 1.54) is 0 Å². The third-order valence-corrected chi connectivity index (χ3v) is 1.90. The van der Waals surface area contributed by atoms with Crippen LogP contribution in [0.3, 0.4) is 0 Å². The van der Waals surface area contributed by atoms with Gasteiger partial charge in [0.1, 0.15) is 5.75 Å². The van der Waals surface area contributed by atoms with Crippen molar-refractivity contribution < 1.29 is 9.53 Å². The standard InChI is InChI=1S/C11H16N2O2/c1-3-13-11(14)7-15-10-5-4-8(2)6-9(10)12/h4-6H,3,7,12H2,1-2H3,(H,13,14). The second-order valence-electron chi connectivity index (χ2n) is 3.28. The lowest BCUT2D eigenvalue weighted by Crippen LogP contribution is -2.28. The zero-order valence-corrected chi connectivity index (χ0v) is 9.04. The van der Waals surface area contributed by atoms with Crippen molar-refractivity contribution in [3.8, 4) is 5.75 Å². The second-order valence-corrected chi connectivity index (χ2v) is 3.28. The summed E-state index contributed by atoms with van der Waals surface area (Å²) in [6.45, 7) is 4.41. The Bertz CT molecular complexity index is 350. The van der Waals surface area contributed by atoms with Crippen molar-refractivity contribution in [2.75, 3.05) is 18.9 Å². The number of hydrogen-bond acceptors (Lipinski definition) is 3. The van der Waals surface area contributed by atoms with Gasteiger partial charge >= 0.3 is 0 Å². The van der Waals surface area contributed by atoms with E-state index in [9.17, 15) is 4.79 Å². The van der Waals surface area contributed by atoms with Crippen molar-refractivity contribution in [1.29, 1.82) is 0 Å². The summed E-state index contributed by atoms with van der Waals surface area (Å²) in [7, 11) is 0. The number of amides is 1. The molecule has 0 saturated carbocycles. The molecule has 82 valence electrons. The number of likely N-dealkylation sites (N-methyl/N-ethyl adjacent to an activating group) is 1. The van der Waals surface area contributed by atoms with Crippen LogP contribution in [0.25, 0.3) is 0 Å². The van der Waals surface area contributed by atoms with Gasteiger partial charge < -0.3 is 15.8 Å². The molecule has 0 unspecified atom stereocenters. The summed E-state index contributed by atoms with van der Waals surface area (Å²) in [5, 5.41) is 2.64. The number of ether oxygens (including phenoxy) is 1. The molecule has 4 nitrogen and oxygen atoms in total. The molecule has 0 aliphatic heterocycles. The van der Waals surface area contributed by atoms with Crippen LogP contribution in [0.2, 0.25) is 0 Å². The average molecular weight is 208 g/mol. The van der Waals surface area contributed by atoms with Crippen molar-refractivity contribution in [3.63, 3.8) is 0 Å². The molecule has 0 fully saturated rings. The van der Waals surface area contributed by atoms with E-state index < -0.39 is 0 Å². The van der Waals surface area contributed by atoms with E-state index in [1.807, 2.05) is 26.0 Å². The SMILES string of the molecule is CCNC(=O)COc1ccc(C)cc1N. The highest BCUT2D eigenvalue weighted by Crippen LogP contribution is 2.21. The van der Waals surface area contributed by atoms with Crippen LogP contribution in [0.15, 0.2) is 18.2 Å². The average Bonchev–Trinajstić information content (AvgIpc) is 2.17. The van der Waals surface area contributed by atoms with Crippen LogP contribution >= 0.6 is 0 Å². The summed E-state index contributed by atoms with van der Waals surface area (Å²) in [5.41, 5.74) is 7.35. The van der Waals surface area contributed by atoms with Gasteiger partial charge in [-0.05, 0) is 31.5 Å². The smallest absolute Gasteiger partial charge is 0.257 e. The van der Waals surface area contributed by atoms with Crippen LogP contribution < -0.4 is 15.8 Å². The number of hydrogen-bond donors (Lipinski definition) is 2. The number of anilines is 1. The summed E-state index contributed by atoms with van der Waals surface area (Å²) < 4.78 is 5.27. The molecule has 0 bridgehead atoms. The molecule has 0 atom stereocenters. The number of benzene rings is 1. The zero-order chi connectivity index (χ0) is 11.3. The van der Waals surface area contributed by atoms with E-state index in [-0.39, 0.29) is 12.5 Å². The van der Waals surface area contributed by atoms with Crippen LogP contribution in [0.1, 0.15) is 12.5 Å². The van der Waals surface area contributed by atoms with E-state index in [4.69, 9.17) is 10.5 Å². The Morgan fingerprint density at radius 2 is 2.27 bits per heavy atom. The molecule has 1 rings (SSSR count). The Morgan fingerprint density at radius 3 is 2.87 bits per heavy atom. The Hall–Kier alpha value is -1.71. The van der Waals surface area contributed by atoms with Gasteiger partial charge in [-0.1, -0.05) is 6.07 Å². The predicted octanol–water partition coefficient (Wildman–Crippen LogP) is 1.09. The first-order chi connectivity index (χ1) is 7.13. The molecule has 15 heavy (non-hydrogen) atoms. The predicted molar refractivity (Wildman–Crippen MR) is 59.8 cm³/mol. The highest BCUT2D eigenvalue weighted by Gasteiger charge is 2.03. The minimum atomic E-state index is -0.141. The van der Waals surface area contributed by atoms with Gasteiger partial charge in [-0.2, -0.15) is 0 Å². The van der Waals surface area contributed by atoms with Crippen LogP contribution in [0.5, 0.6) is 5.75 Å². The van der Waals surface area contributed by atoms with Gasteiger partial charge in [0.05, 0.1) is 5.69 Å². The first kappa shape index (κ1) is 11.4. The van der Waals surface area contributed by atoms with E-state index in [2.05, 4.69) is 5.32 Å². The number of nitrogens with two attached hydrogens (primary N) is 1. The fraction of sp³-hybridized carbons (Fsp3) is 0.364. The summed E-state index contributed by atoms with van der Waals surface area (Å²) in [6, 6.07) is 5.47. The van der Waals surface area contributed by atoms with Crippen LogP contribution in [0.4, 0.5) is 5.69 Å². The molecule has 4 heteroatoms. The lowest BCUT2D eigenvalue weighted by molar-refractivity contribution is -0.122. The van der Waals surface area contributed by atoms with Gasteiger partial charge in [-0.15, -0.1) is 0 Å². The minimum absolute atomic E-state index is 0.00109. The molecular formula is C11H16N2O2. The van der Waals surface area contributed by atoms with E-state index in [1.54, 1.807) is 6.07 Å². The van der Waals surface area contributed by atoms with Crippen LogP contribution in [-0.2, 0) is 4.79 Å². The van der Waals surface area contributed by atoms with Crippen molar-refractivity contribution >= 4 is 11.6 Å². The normalized spacial score (nSPS) is 9.73. The number of nitrogen functional groups attached to an aromatic ring is 1. The largest absolute Gasteiger partial charge is 0.482 e. The first-order valence-electron chi connectivity index (χ1n) is 4.89. The molecule has 3 N–H and O–H groups in total. The molecule has 0 radical (unpaired) electrons. The molecule has 1 amide bonds. The Kier molecular flexibility index (Phi) is 3.97. The van der Waals surface area contributed by atoms with Crippen LogP contribution in [-0.4, -0.2) is 19.1 Å². The maximum Gasteiger partial charge on any atom is 0.257 e. The summed E-state index contributed by atoms with van der Waals surface area (Å²) in [6.07, 6.45) is 0. The molecular weight excluding hydrogens is 192 g/mol. The van der Waals surface area contributed by atoms with Crippen molar-refractivity contribution in [1.82, 2.24) is 5.32 Å². The number of carbonyl (C=O) groups is 1. The fourth-order valence-corrected chi connectivity index (χ4v) is 1.19. The summed E-state index contributed by atoms with van der Waals surface area (Å²) >= 11 is 0. The Balaban J connectivity index is 2.54. The topological polar surface area (TPSA) is 64.3 Å².